The Kier molecular flexibility index (Phi) is 4.06. The minimum atomic E-state index is 0.491. The Morgan fingerprint density at radius 1 is 1.54 bits per heavy atom. The monoisotopic (exact) mass is 219 g/mol. The van der Waals surface area contributed by atoms with E-state index in [-0.39, 0.29) is 0 Å². The van der Waals surface area contributed by atoms with Crippen LogP contribution < -0.4 is 0 Å². The smallest absolute Gasteiger partial charge is 0.225 e. The van der Waals surface area contributed by atoms with Crippen LogP contribution in [0.15, 0.2) is 0 Å². The second kappa shape index (κ2) is 4.86. The summed E-state index contributed by atoms with van der Waals surface area (Å²) < 4.78 is 1.94. The largest absolute Gasteiger partial charge is 0.302 e. The Morgan fingerprint density at radius 3 is 2.69 bits per heavy atom. The average molecular weight is 220 g/mol. The summed E-state index contributed by atoms with van der Waals surface area (Å²) in [6, 6.07) is 0. The van der Waals surface area contributed by atoms with Crippen molar-refractivity contribution in [2.24, 2.45) is 0 Å². The summed E-state index contributed by atoms with van der Waals surface area (Å²) in [7, 11) is 0. The highest BCUT2D eigenvalue weighted by molar-refractivity contribution is 7.99. The molecule has 0 radical (unpaired) electrons. The Hall–Kier alpha value is -0.220. The zero-order chi connectivity index (χ0) is 9.84. The predicted molar refractivity (Wildman–Crippen MR) is 57.4 cm³/mol. The van der Waals surface area contributed by atoms with Gasteiger partial charge in [0.2, 0.25) is 5.28 Å². The summed E-state index contributed by atoms with van der Waals surface area (Å²) in [4.78, 5) is 0. The molecule has 0 aromatic carbocycles. The lowest BCUT2D eigenvalue weighted by atomic mass is 10.3. The van der Waals surface area contributed by atoms with E-state index in [2.05, 4.69) is 23.4 Å². The molecule has 13 heavy (non-hydrogen) atoms. The average Bonchev–Trinajstić information content (AvgIpc) is 2.43. The lowest BCUT2D eigenvalue weighted by Crippen LogP contribution is -2.06. The molecule has 0 spiro atoms. The van der Waals surface area contributed by atoms with E-state index in [1.807, 2.05) is 23.3 Å². The van der Waals surface area contributed by atoms with Crippen LogP contribution in [0.2, 0.25) is 5.28 Å². The van der Waals surface area contributed by atoms with Crippen molar-refractivity contribution in [1.82, 2.24) is 14.8 Å². The summed E-state index contributed by atoms with van der Waals surface area (Å²) in [6.07, 6.45) is 3.21. The second-order valence-electron chi connectivity index (χ2n) is 3.00. The summed E-state index contributed by atoms with van der Waals surface area (Å²) >= 11 is 7.72. The molecular formula is C8H14ClN3S. The van der Waals surface area contributed by atoms with Gasteiger partial charge in [-0.2, -0.15) is 11.8 Å². The molecule has 0 N–H and O–H groups in total. The molecule has 1 rings (SSSR count). The molecule has 1 atom stereocenters. The van der Waals surface area contributed by atoms with Crippen molar-refractivity contribution in [3.63, 3.8) is 0 Å². The van der Waals surface area contributed by atoms with Crippen molar-refractivity contribution in [2.75, 3.05) is 6.26 Å². The number of aromatic nitrogens is 3. The highest BCUT2D eigenvalue weighted by Gasteiger charge is 2.07. The van der Waals surface area contributed by atoms with Crippen LogP contribution in [0, 0.1) is 6.92 Å². The molecule has 1 aromatic heterocycles. The van der Waals surface area contributed by atoms with Crippen LogP contribution in [-0.2, 0) is 6.54 Å². The first-order valence-electron chi connectivity index (χ1n) is 4.23. The van der Waals surface area contributed by atoms with Crippen LogP contribution in [-0.4, -0.2) is 26.3 Å². The van der Waals surface area contributed by atoms with Crippen LogP contribution in [0.25, 0.3) is 0 Å². The van der Waals surface area contributed by atoms with Crippen LogP contribution in [0.5, 0.6) is 0 Å². The van der Waals surface area contributed by atoms with Crippen LogP contribution in [0.3, 0.4) is 0 Å². The third-order valence-electron chi connectivity index (χ3n) is 2.05. The number of hydrogen-bond donors (Lipinski definition) is 0. The number of hydrogen-bond acceptors (Lipinski definition) is 3. The van der Waals surface area contributed by atoms with E-state index in [4.69, 9.17) is 11.6 Å². The van der Waals surface area contributed by atoms with E-state index in [9.17, 15) is 0 Å². The molecule has 0 amide bonds. The van der Waals surface area contributed by atoms with Gasteiger partial charge in [-0.15, -0.1) is 10.2 Å². The maximum absolute atomic E-state index is 5.85. The van der Waals surface area contributed by atoms with Crippen molar-refractivity contribution in [2.45, 2.75) is 32.1 Å². The summed E-state index contributed by atoms with van der Waals surface area (Å²) in [6.45, 7) is 5.03. The van der Waals surface area contributed by atoms with Gasteiger partial charge in [-0.05, 0) is 31.2 Å². The fourth-order valence-electron chi connectivity index (χ4n) is 1.04. The lowest BCUT2D eigenvalue weighted by Gasteiger charge is -2.09. The molecule has 0 aliphatic rings. The summed E-state index contributed by atoms with van der Waals surface area (Å²) in [5, 5.41) is 8.83. The first kappa shape index (κ1) is 10.9. The standard InChI is InChI=1S/C8H14ClN3S/c1-6(13-3)4-5-12-7(2)10-11-8(12)9/h6H,4-5H2,1-3H3. The highest BCUT2D eigenvalue weighted by Crippen LogP contribution is 2.14. The number of nitrogens with zero attached hydrogens (tertiary/aromatic N) is 3. The molecule has 1 heterocycles. The van der Waals surface area contributed by atoms with E-state index in [0.717, 1.165) is 18.8 Å². The normalized spacial score (nSPS) is 13.2. The molecule has 3 nitrogen and oxygen atoms in total. The van der Waals surface area contributed by atoms with Gasteiger partial charge in [-0.3, -0.25) is 0 Å². The van der Waals surface area contributed by atoms with E-state index >= 15 is 0 Å². The van der Waals surface area contributed by atoms with Gasteiger partial charge in [0.05, 0.1) is 0 Å². The maximum atomic E-state index is 5.85. The molecule has 0 saturated heterocycles. The third-order valence-corrected chi connectivity index (χ3v) is 3.37. The molecule has 5 heteroatoms. The van der Waals surface area contributed by atoms with Crippen LogP contribution in [0.4, 0.5) is 0 Å². The Labute approximate surface area is 87.9 Å². The van der Waals surface area contributed by atoms with Crippen LogP contribution >= 0.6 is 23.4 Å². The quantitative estimate of drug-likeness (QED) is 0.779. The van der Waals surface area contributed by atoms with Crippen LogP contribution in [0.1, 0.15) is 19.2 Å². The number of halogens is 1. The van der Waals surface area contributed by atoms with Gasteiger partial charge >= 0.3 is 0 Å². The van der Waals surface area contributed by atoms with Crippen molar-refractivity contribution < 1.29 is 0 Å². The highest BCUT2D eigenvalue weighted by atomic mass is 35.5. The predicted octanol–water partition coefficient (Wildman–Crippen LogP) is 2.38. The number of aryl methyl sites for hydroxylation is 1. The Morgan fingerprint density at radius 2 is 2.23 bits per heavy atom. The zero-order valence-corrected chi connectivity index (χ0v) is 9.69. The fraction of sp³-hybridized carbons (Fsp3) is 0.750. The topological polar surface area (TPSA) is 30.7 Å². The van der Waals surface area contributed by atoms with Gasteiger partial charge in [-0.25, -0.2) is 0 Å². The number of rotatable bonds is 4. The molecule has 1 aromatic rings. The minimum Gasteiger partial charge on any atom is -0.302 e. The summed E-state index contributed by atoms with van der Waals surface area (Å²) in [5.41, 5.74) is 0. The van der Waals surface area contributed by atoms with Gasteiger partial charge in [0, 0.05) is 11.8 Å². The SMILES string of the molecule is CSC(C)CCn1c(C)nnc1Cl. The maximum Gasteiger partial charge on any atom is 0.225 e. The Bertz CT molecular complexity index is 255. The van der Waals surface area contributed by atoms with E-state index < -0.39 is 0 Å². The first-order chi connectivity index (χ1) is 6.15. The third kappa shape index (κ3) is 2.88. The van der Waals surface area contributed by atoms with Crippen molar-refractivity contribution in [3.8, 4) is 0 Å². The van der Waals surface area contributed by atoms with E-state index in [1.54, 1.807) is 0 Å². The van der Waals surface area contributed by atoms with Gasteiger partial charge < -0.3 is 4.57 Å². The lowest BCUT2D eigenvalue weighted by molar-refractivity contribution is 0.624. The molecule has 74 valence electrons. The molecule has 0 aliphatic heterocycles. The molecule has 0 fully saturated rings. The molecule has 1 unspecified atom stereocenters. The van der Waals surface area contributed by atoms with Crippen molar-refractivity contribution in [3.05, 3.63) is 11.1 Å². The van der Waals surface area contributed by atoms with Crippen molar-refractivity contribution >= 4 is 23.4 Å². The molecule has 0 bridgehead atoms. The van der Waals surface area contributed by atoms with Crippen molar-refractivity contribution in [1.29, 1.82) is 0 Å². The Balaban J connectivity index is 2.53. The molecule has 0 saturated carbocycles. The van der Waals surface area contributed by atoms with Gasteiger partial charge in [0.15, 0.2) is 0 Å². The molecule has 0 aliphatic carbocycles. The molecular weight excluding hydrogens is 206 g/mol. The fourth-order valence-corrected chi connectivity index (χ4v) is 1.62. The van der Waals surface area contributed by atoms with Gasteiger partial charge in [0.25, 0.3) is 0 Å². The second-order valence-corrected chi connectivity index (χ2v) is 4.62. The van der Waals surface area contributed by atoms with E-state index in [1.165, 1.54) is 0 Å². The zero-order valence-electron chi connectivity index (χ0n) is 8.12. The van der Waals surface area contributed by atoms with E-state index in [0.29, 0.717) is 10.5 Å². The van der Waals surface area contributed by atoms with Gasteiger partial charge in [-0.1, -0.05) is 6.92 Å². The summed E-state index contributed by atoms with van der Waals surface area (Å²) in [5.74, 6) is 0.887. The number of thioether (sulfide) groups is 1. The first-order valence-corrected chi connectivity index (χ1v) is 5.90. The van der Waals surface area contributed by atoms with Gasteiger partial charge in [0.1, 0.15) is 5.82 Å². The minimum absolute atomic E-state index is 0.491.